The Bertz CT molecular complexity index is 633. The smallest absolute Gasteiger partial charge is 0.335 e. The van der Waals surface area contributed by atoms with Crippen molar-refractivity contribution in [2.24, 2.45) is 0 Å². The van der Waals surface area contributed by atoms with Gasteiger partial charge in [-0.1, -0.05) is 45.9 Å². The fourth-order valence-electron chi connectivity index (χ4n) is 2.45. The predicted molar refractivity (Wildman–Crippen MR) is 96.0 cm³/mol. The molecule has 0 aliphatic carbocycles. The molecule has 0 radical (unpaired) electrons. The van der Waals surface area contributed by atoms with Crippen molar-refractivity contribution in [3.05, 3.63) is 54.1 Å². The molecule has 0 aromatic heterocycles. The second-order valence-electron chi connectivity index (χ2n) is 5.06. The van der Waals surface area contributed by atoms with E-state index in [2.05, 4.69) is 29.2 Å². The van der Waals surface area contributed by atoms with Crippen molar-refractivity contribution in [3.8, 4) is 11.1 Å². The average Bonchev–Trinajstić information content (AvgIpc) is 2.84. The Labute approximate surface area is 138 Å². The van der Waals surface area contributed by atoms with Crippen LogP contribution < -0.4 is 4.90 Å². The molecule has 0 unspecified atom stereocenters. The van der Waals surface area contributed by atoms with Crippen LogP contribution in [0.25, 0.3) is 11.1 Å². The molecule has 0 amide bonds. The molecule has 3 rings (SSSR count). The van der Waals surface area contributed by atoms with Gasteiger partial charge in [-0.2, -0.15) is 0 Å². The highest BCUT2D eigenvalue weighted by Crippen LogP contribution is 2.28. The monoisotopic (exact) mass is 331 g/mol. The van der Waals surface area contributed by atoms with Crippen LogP contribution in [0.15, 0.2) is 48.5 Å². The van der Waals surface area contributed by atoms with Crippen LogP contribution >= 0.6 is 21.6 Å². The second-order valence-corrected chi connectivity index (χ2v) is 7.76. The first kappa shape index (κ1) is 15.3. The van der Waals surface area contributed by atoms with Gasteiger partial charge in [0.05, 0.1) is 5.56 Å². The number of carboxylic acids is 1. The third kappa shape index (κ3) is 3.59. The zero-order valence-electron chi connectivity index (χ0n) is 12.1. The number of nitrogens with zero attached hydrogens (tertiary/aromatic N) is 1. The summed E-state index contributed by atoms with van der Waals surface area (Å²) >= 11 is 0. The highest BCUT2D eigenvalue weighted by molar-refractivity contribution is 8.76. The van der Waals surface area contributed by atoms with Crippen LogP contribution in [0.3, 0.4) is 0 Å². The Balaban J connectivity index is 1.77. The van der Waals surface area contributed by atoms with E-state index in [4.69, 9.17) is 5.11 Å². The van der Waals surface area contributed by atoms with Crippen LogP contribution in [-0.4, -0.2) is 35.7 Å². The van der Waals surface area contributed by atoms with Crippen molar-refractivity contribution in [1.82, 2.24) is 0 Å². The number of hydrogen-bond donors (Lipinski definition) is 1. The summed E-state index contributed by atoms with van der Waals surface area (Å²) in [5.74, 6) is 1.42. The molecule has 0 saturated carbocycles. The van der Waals surface area contributed by atoms with E-state index in [9.17, 15) is 4.79 Å². The number of hydrogen-bond acceptors (Lipinski definition) is 4. The van der Waals surface area contributed by atoms with E-state index in [-0.39, 0.29) is 0 Å². The van der Waals surface area contributed by atoms with Crippen molar-refractivity contribution in [3.63, 3.8) is 0 Å². The lowest BCUT2D eigenvalue weighted by Crippen LogP contribution is -2.26. The maximum absolute atomic E-state index is 10.9. The van der Waals surface area contributed by atoms with Crippen LogP contribution in [0.5, 0.6) is 0 Å². The van der Waals surface area contributed by atoms with E-state index in [0.717, 1.165) is 35.7 Å². The topological polar surface area (TPSA) is 40.5 Å². The van der Waals surface area contributed by atoms with E-state index in [1.807, 2.05) is 33.7 Å². The highest BCUT2D eigenvalue weighted by atomic mass is 33.1. The summed E-state index contributed by atoms with van der Waals surface area (Å²) in [6.45, 7) is 2.18. The van der Waals surface area contributed by atoms with Crippen LogP contribution in [0.1, 0.15) is 10.4 Å². The van der Waals surface area contributed by atoms with E-state index in [1.165, 1.54) is 5.69 Å². The van der Waals surface area contributed by atoms with Gasteiger partial charge in [-0.3, -0.25) is 0 Å². The minimum Gasteiger partial charge on any atom is -0.478 e. The Morgan fingerprint density at radius 2 is 1.36 bits per heavy atom. The molecule has 0 atom stereocenters. The van der Waals surface area contributed by atoms with Gasteiger partial charge in [-0.05, 0) is 35.4 Å². The van der Waals surface area contributed by atoms with Gasteiger partial charge in [-0.15, -0.1) is 0 Å². The molecule has 0 bridgehead atoms. The second kappa shape index (κ2) is 7.11. The Morgan fingerprint density at radius 1 is 0.864 bits per heavy atom. The Hall–Kier alpha value is -1.59. The molecule has 1 aliphatic heterocycles. The lowest BCUT2D eigenvalue weighted by Gasteiger charge is -2.22. The summed E-state index contributed by atoms with van der Waals surface area (Å²) in [6.07, 6.45) is 0. The van der Waals surface area contributed by atoms with Crippen LogP contribution in [0.2, 0.25) is 0 Å². The Morgan fingerprint density at radius 3 is 1.86 bits per heavy atom. The SMILES string of the molecule is O=C(O)c1ccc(-c2ccc(N3CCSSCC3)cc2)cc1. The molecule has 1 saturated heterocycles. The van der Waals surface area contributed by atoms with Gasteiger partial charge in [0.1, 0.15) is 0 Å². The zero-order valence-corrected chi connectivity index (χ0v) is 13.7. The molecule has 1 heterocycles. The van der Waals surface area contributed by atoms with Gasteiger partial charge in [0.15, 0.2) is 0 Å². The molecule has 2 aromatic carbocycles. The van der Waals surface area contributed by atoms with Gasteiger partial charge in [0.2, 0.25) is 0 Å². The summed E-state index contributed by atoms with van der Waals surface area (Å²) < 4.78 is 0. The van der Waals surface area contributed by atoms with Crippen LogP contribution in [0.4, 0.5) is 5.69 Å². The molecule has 114 valence electrons. The predicted octanol–water partition coefficient (Wildman–Crippen LogP) is 4.25. The third-order valence-electron chi connectivity index (χ3n) is 3.67. The normalized spacial score (nSPS) is 15.4. The fourth-order valence-corrected chi connectivity index (χ4v) is 4.43. The first-order chi connectivity index (χ1) is 10.7. The van der Waals surface area contributed by atoms with Gasteiger partial charge >= 0.3 is 5.97 Å². The molecule has 0 spiro atoms. The lowest BCUT2D eigenvalue weighted by atomic mass is 10.0. The number of aromatic carboxylic acids is 1. The van der Waals surface area contributed by atoms with Gasteiger partial charge in [0.25, 0.3) is 0 Å². The van der Waals surface area contributed by atoms with Gasteiger partial charge in [-0.25, -0.2) is 4.79 Å². The molecule has 5 heteroatoms. The third-order valence-corrected chi connectivity index (χ3v) is 6.04. The summed E-state index contributed by atoms with van der Waals surface area (Å²) in [7, 11) is 3.89. The summed E-state index contributed by atoms with van der Waals surface area (Å²) in [6, 6.07) is 15.5. The maximum Gasteiger partial charge on any atom is 0.335 e. The summed E-state index contributed by atoms with van der Waals surface area (Å²) in [5.41, 5.74) is 3.73. The van der Waals surface area contributed by atoms with Crippen molar-refractivity contribution in [2.45, 2.75) is 0 Å². The average molecular weight is 331 g/mol. The first-order valence-electron chi connectivity index (χ1n) is 7.17. The zero-order chi connectivity index (χ0) is 15.4. The standard InChI is InChI=1S/C17H17NO2S2/c19-17(20)15-3-1-13(2-4-15)14-5-7-16(8-6-14)18-9-11-21-22-12-10-18/h1-8H,9-12H2,(H,19,20). The number of anilines is 1. The van der Waals surface area contributed by atoms with Crippen LogP contribution in [-0.2, 0) is 0 Å². The molecular weight excluding hydrogens is 314 g/mol. The van der Waals surface area contributed by atoms with Crippen molar-refractivity contribution < 1.29 is 9.90 Å². The molecule has 1 fully saturated rings. The Kier molecular flexibility index (Phi) is 4.95. The molecule has 1 aliphatic rings. The minimum absolute atomic E-state index is 0.319. The highest BCUT2D eigenvalue weighted by Gasteiger charge is 2.10. The van der Waals surface area contributed by atoms with Crippen molar-refractivity contribution >= 4 is 33.2 Å². The number of carboxylic acid groups (broad SMARTS) is 1. The molecule has 22 heavy (non-hydrogen) atoms. The van der Waals surface area contributed by atoms with E-state index >= 15 is 0 Å². The van der Waals surface area contributed by atoms with Crippen LogP contribution in [0, 0.1) is 0 Å². The lowest BCUT2D eigenvalue weighted by molar-refractivity contribution is 0.0697. The van der Waals surface area contributed by atoms with Crippen molar-refractivity contribution in [1.29, 1.82) is 0 Å². The number of rotatable bonds is 3. The minimum atomic E-state index is -0.890. The first-order valence-corrected chi connectivity index (χ1v) is 9.66. The number of carbonyl (C=O) groups is 1. The largest absolute Gasteiger partial charge is 0.478 e. The van der Waals surface area contributed by atoms with Crippen molar-refractivity contribution in [2.75, 3.05) is 29.5 Å². The van der Waals surface area contributed by atoms with E-state index < -0.39 is 5.97 Å². The molecular formula is C17H17NO2S2. The van der Waals surface area contributed by atoms with Gasteiger partial charge < -0.3 is 10.0 Å². The van der Waals surface area contributed by atoms with E-state index in [0.29, 0.717) is 5.56 Å². The molecule has 3 nitrogen and oxygen atoms in total. The van der Waals surface area contributed by atoms with Gasteiger partial charge in [0, 0.05) is 30.3 Å². The molecule has 2 aromatic rings. The summed E-state index contributed by atoms with van der Waals surface area (Å²) in [5, 5.41) is 8.94. The quantitative estimate of drug-likeness (QED) is 0.851. The molecule has 1 N–H and O–H groups in total. The van der Waals surface area contributed by atoms with E-state index in [1.54, 1.807) is 12.1 Å². The fraction of sp³-hybridized carbons (Fsp3) is 0.235. The maximum atomic E-state index is 10.9. The summed E-state index contributed by atoms with van der Waals surface area (Å²) in [4.78, 5) is 13.3. The number of benzene rings is 2.